The Morgan fingerprint density at radius 3 is 2.56 bits per heavy atom. The molecule has 0 atom stereocenters. The lowest BCUT2D eigenvalue weighted by atomic mass is 10.00. The number of nitrogen functional groups attached to an aromatic ring is 1. The largest absolute Gasteiger partial charge is 0.496 e. The fourth-order valence-electron chi connectivity index (χ4n) is 1.85. The molecule has 0 aliphatic rings. The molecule has 0 radical (unpaired) electrons. The summed E-state index contributed by atoms with van der Waals surface area (Å²) in [7, 11) is 1.62. The average Bonchev–Trinajstić information content (AvgIpc) is 2.41. The molecule has 0 aliphatic heterocycles. The van der Waals surface area contributed by atoms with Crippen LogP contribution in [-0.4, -0.2) is 7.11 Å². The molecule has 0 aliphatic carbocycles. The molecule has 0 unspecified atom stereocenters. The van der Waals surface area contributed by atoms with Crippen LogP contribution < -0.4 is 10.5 Å². The SMILES string of the molecule is COc1ccc(C#N)cc1-c1ccc(N)c(C)c1. The number of benzene rings is 2. The maximum atomic E-state index is 8.96. The third-order valence-corrected chi connectivity index (χ3v) is 2.91. The lowest BCUT2D eigenvalue weighted by molar-refractivity contribution is 0.416. The third-order valence-electron chi connectivity index (χ3n) is 2.91. The number of ether oxygens (including phenoxy) is 1. The van der Waals surface area contributed by atoms with Crippen LogP contribution in [0.25, 0.3) is 11.1 Å². The van der Waals surface area contributed by atoms with Crippen LogP contribution in [0.1, 0.15) is 11.1 Å². The molecule has 0 spiro atoms. The fraction of sp³-hybridized carbons (Fsp3) is 0.133. The van der Waals surface area contributed by atoms with Crippen molar-refractivity contribution in [2.45, 2.75) is 6.92 Å². The van der Waals surface area contributed by atoms with Crippen LogP contribution in [0.5, 0.6) is 5.75 Å². The topological polar surface area (TPSA) is 59.0 Å². The van der Waals surface area contributed by atoms with Crippen LogP contribution in [0.2, 0.25) is 0 Å². The van der Waals surface area contributed by atoms with E-state index in [1.54, 1.807) is 19.2 Å². The quantitative estimate of drug-likeness (QED) is 0.818. The van der Waals surface area contributed by atoms with Crippen molar-refractivity contribution in [1.29, 1.82) is 5.26 Å². The predicted molar refractivity (Wildman–Crippen MR) is 72.3 cm³/mol. The number of hydrogen-bond acceptors (Lipinski definition) is 3. The van der Waals surface area contributed by atoms with Gasteiger partial charge in [0.05, 0.1) is 18.7 Å². The van der Waals surface area contributed by atoms with Crippen molar-refractivity contribution in [2.75, 3.05) is 12.8 Å². The summed E-state index contributed by atoms with van der Waals surface area (Å²) in [5.74, 6) is 0.748. The summed E-state index contributed by atoms with van der Waals surface area (Å²) in [5, 5.41) is 8.96. The molecular weight excluding hydrogens is 224 g/mol. The normalized spacial score (nSPS) is 9.83. The molecule has 2 aromatic rings. The molecule has 3 nitrogen and oxygen atoms in total. The van der Waals surface area contributed by atoms with Crippen LogP contribution in [-0.2, 0) is 0 Å². The smallest absolute Gasteiger partial charge is 0.126 e. The van der Waals surface area contributed by atoms with E-state index in [-0.39, 0.29) is 0 Å². The first kappa shape index (κ1) is 12.0. The van der Waals surface area contributed by atoms with E-state index in [4.69, 9.17) is 15.7 Å². The zero-order valence-corrected chi connectivity index (χ0v) is 10.4. The van der Waals surface area contributed by atoms with Gasteiger partial charge in [0.15, 0.2) is 0 Å². The van der Waals surface area contributed by atoms with E-state index in [0.29, 0.717) is 5.56 Å². The molecule has 18 heavy (non-hydrogen) atoms. The highest BCUT2D eigenvalue weighted by Gasteiger charge is 2.08. The van der Waals surface area contributed by atoms with E-state index in [2.05, 4.69) is 6.07 Å². The molecular formula is C15H14N2O. The Labute approximate surface area is 106 Å². The lowest BCUT2D eigenvalue weighted by Gasteiger charge is -2.10. The molecule has 0 fully saturated rings. The minimum absolute atomic E-state index is 0.611. The second kappa shape index (κ2) is 4.80. The van der Waals surface area contributed by atoms with Crippen molar-refractivity contribution in [3.8, 4) is 22.9 Å². The van der Waals surface area contributed by atoms with Crippen LogP contribution in [0, 0.1) is 18.3 Å². The Hall–Kier alpha value is -2.47. The van der Waals surface area contributed by atoms with Crippen molar-refractivity contribution in [1.82, 2.24) is 0 Å². The Morgan fingerprint density at radius 1 is 1.17 bits per heavy atom. The van der Waals surface area contributed by atoms with Crippen molar-refractivity contribution in [3.05, 3.63) is 47.5 Å². The van der Waals surface area contributed by atoms with Gasteiger partial charge in [0.2, 0.25) is 0 Å². The van der Waals surface area contributed by atoms with Gasteiger partial charge in [-0.1, -0.05) is 6.07 Å². The predicted octanol–water partition coefficient (Wildman–Crippen LogP) is 3.12. The van der Waals surface area contributed by atoms with Crippen LogP contribution in [0.4, 0.5) is 5.69 Å². The zero-order valence-electron chi connectivity index (χ0n) is 10.4. The van der Waals surface area contributed by atoms with E-state index in [1.165, 1.54) is 0 Å². The Morgan fingerprint density at radius 2 is 1.94 bits per heavy atom. The second-order valence-electron chi connectivity index (χ2n) is 4.10. The van der Waals surface area contributed by atoms with Gasteiger partial charge in [-0.2, -0.15) is 5.26 Å². The highest BCUT2D eigenvalue weighted by molar-refractivity contribution is 5.74. The van der Waals surface area contributed by atoms with E-state index in [9.17, 15) is 0 Å². The molecule has 2 aromatic carbocycles. The molecule has 3 heteroatoms. The number of rotatable bonds is 2. The van der Waals surface area contributed by atoms with Gasteiger partial charge < -0.3 is 10.5 Å². The molecule has 0 amide bonds. The zero-order chi connectivity index (χ0) is 13.1. The maximum absolute atomic E-state index is 8.96. The number of nitriles is 1. The Kier molecular flexibility index (Phi) is 3.20. The average molecular weight is 238 g/mol. The first-order valence-electron chi connectivity index (χ1n) is 5.60. The number of hydrogen-bond donors (Lipinski definition) is 1. The Bertz CT molecular complexity index is 627. The van der Waals surface area contributed by atoms with Crippen molar-refractivity contribution in [2.24, 2.45) is 0 Å². The molecule has 90 valence electrons. The lowest BCUT2D eigenvalue weighted by Crippen LogP contribution is -1.92. The molecule has 0 bridgehead atoms. The van der Waals surface area contributed by atoms with Gasteiger partial charge in [0.25, 0.3) is 0 Å². The molecule has 0 aromatic heterocycles. The van der Waals surface area contributed by atoms with E-state index < -0.39 is 0 Å². The molecule has 0 heterocycles. The van der Waals surface area contributed by atoms with Crippen LogP contribution in [0.15, 0.2) is 36.4 Å². The number of nitrogens with two attached hydrogens (primary N) is 1. The van der Waals surface area contributed by atoms with Crippen molar-refractivity contribution < 1.29 is 4.74 Å². The summed E-state index contributed by atoms with van der Waals surface area (Å²) in [5.41, 5.74) is 10.1. The summed E-state index contributed by atoms with van der Waals surface area (Å²) in [6.45, 7) is 1.96. The highest BCUT2D eigenvalue weighted by atomic mass is 16.5. The summed E-state index contributed by atoms with van der Waals surface area (Å²) in [4.78, 5) is 0. The number of nitrogens with zero attached hydrogens (tertiary/aromatic N) is 1. The van der Waals surface area contributed by atoms with Gasteiger partial charge in [-0.15, -0.1) is 0 Å². The summed E-state index contributed by atoms with van der Waals surface area (Å²) >= 11 is 0. The number of anilines is 1. The molecule has 2 N–H and O–H groups in total. The summed E-state index contributed by atoms with van der Waals surface area (Å²) in [6.07, 6.45) is 0. The van der Waals surface area contributed by atoms with Crippen LogP contribution >= 0.6 is 0 Å². The first-order chi connectivity index (χ1) is 8.65. The molecule has 0 saturated heterocycles. The summed E-state index contributed by atoms with van der Waals surface area (Å²) in [6, 6.07) is 13.3. The number of aryl methyl sites for hydroxylation is 1. The van der Waals surface area contributed by atoms with Gasteiger partial charge in [-0.05, 0) is 48.4 Å². The van der Waals surface area contributed by atoms with Gasteiger partial charge in [0.1, 0.15) is 5.75 Å². The minimum Gasteiger partial charge on any atom is -0.496 e. The maximum Gasteiger partial charge on any atom is 0.126 e. The van der Waals surface area contributed by atoms with E-state index in [1.807, 2.05) is 31.2 Å². The highest BCUT2D eigenvalue weighted by Crippen LogP contribution is 2.32. The van der Waals surface area contributed by atoms with Gasteiger partial charge >= 0.3 is 0 Å². The minimum atomic E-state index is 0.611. The van der Waals surface area contributed by atoms with E-state index >= 15 is 0 Å². The van der Waals surface area contributed by atoms with Gasteiger partial charge in [-0.25, -0.2) is 0 Å². The standard InChI is InChI=1S/C15H14N2O/c1-10-7-12(4-5-14(10)17)13-8-11(9-16)3-6-15(13)18-2/h3-8H,17H2,1-2H3. The monoisotopic (exact) mass is 238 g/mol. The van der Waals surface area contributed by atoms with E-state index in [0.717, 1.165) is 28.1 Å². The van der Waals surface area contributed by atoms with Crippen molar-refractivity contribution in [3.63, 3.8) is 0 Å². The number of methoxy groups -OCH3 is 1. The Balaban J connectivity index is 2.61. The fourth-order valence-corrected chi connectivity index (χ4v) is 1.85. The summed E-state index contributed by atoms with van der Waals surface area (Å²) < 4.78 is 5.33. The first-order valence-corrected chi connectivity index (χ1v) is 5.60. The molecule has 0 saturated carbocycles. The van der Waals surface area contributed by atoms with Crippen molar-refractivity contribution >= 4 is 5.69 Å². The van der Waals surface area contributed by atoms with Gasteiger partial charge in [0, 0.05) is 11.3 Å². The molecule has 2 rings (SSSR count). The van der Waals surface area contributed by atoms with Crippen LogP contribution in [0.3, 0.4) is 0 Å². The third kappa shape index (κ3) is 2.14. The van der Waals surface area contributed by atoms with Gasteiger partial charge in [-0.3, -0.25) is 0 Å². The second-order valence-corrected chi connectivity index (χ2v) is 4.10.